The Morgan fingerprint density at radius 2 is 1.95 bits per heavy atom. The van der Waals surface area contributed by atoms with Crippen LogP contribution in [0.25, 0.3) is 0 Å². The van der Waals surface area contributed by atoms with Gasteiger partial charge in [0.25, 0.3) is 0 Å². The highest BCUT2D eigenvalue weighted by Gasteiger charge is 2.20. The first-order chi connectivity index (χ1) is 9.04. The molecule has 1 aromatic carbocycles. The lowest BCUT2D eigenvalue weighted by atomic mass is 10.2. The summed E-state index contributed by atoms with van der Waals surface area (Å²) in [5, 5.41) is 6.25. The Bertz CT molecular complexity index is 725. The van der Waals surface area contributed by atoms with Crippen molar-refractivity contribution >= 4 is 31.4 Å². The predicted molar refractivity (Wildman–Crippen MR) is 76.3 cm³/mol. The van der Waals surface area contributed by atoms with Gasteiger partial charge in [0.15, 0.2) is 14.9 Å². The van der Waals surface area contributed by atoms with E-state index in [-0.39, 0.29) is 17.3 Å². The Labute approximate surface area is 117 Å². The van der Waals surface area contributed by atoms with Crippen molar-refractivity contribution in [2.24, 2.45) is 5.73 Å². The normalized spacial score (nSPS) is 11.9. The maximum Gasteiger partial charge on any atom is 0.247 e. The molecule has 0 unspecified atom stereocenters. The van der Waals surface area contributed by atoms with Gasteiger partial charge in [-0.1, -0.05) is 0 Å². The molecule has 0 radical (unpaired) electrons. The largest absolute Gasteiger partial charge is 0.495 e. The molecule has 0 saturated heterocycles. The number of hydrogen-bond donors (Lipinski definition) is 3. The van der Waals surface area contributed by atoms with Gasteiger partial charge in [0.1, 0.15) is 11.6 Å². The molecule has 0 aliphatic heterocycles. The van der Waals surface area contributed by atoms with Gasteiger partial charge in [0.05, 0.1) is 12.8 Å². The summed E-state index contributed by atoms with van der Waals surface area (Å²) in [4.78, 5) is 0. The molecule has 8 nitrogen and oxygen atoms in total. The van der Waals surface area contributed by atoms with Gasteiger partial charge < -0.3 is 10.5 Å². The molecule has 10 heteroatoms. The van der Waals surface area contributed by atoms with E-state index in [9.17, 15) is 16.8 Å². The van der Waals surface area contributed by atoms with Crippen LogP contribution in [0.4, 0.5) is 5.69 Å². The molecule has 1 rings (SSSR count). The molecule has 0 atom stereocenters. The standard InChI is InChI=1S/C10H15N3O5S2/c1-18-9-5-7(10(11)12)3-4-8(9)13-20(16,17)6-19(2,14)15/h3-5,13H,6H2,1-2H3,(H3,11,12). The van der Waals surface area contributed by atoms with Crippen LogP contribution in [0.5, 0.6) is 5.75 Å². The van der Waals surface area contributed by atoms with Crippen molar-refractivity contribution in [1.82, 2.24) is 0 Å². The van der Waals surface area contributed by atoms with Gasteiger partial charge in [-0.15, -0.1) is 0 Å². The Hall–Kier alpha value is -1.81. The van der Waals surface area contributed by atoms with Gasteiger partial charge >= 0.3 is 0 Å². The molecule has 1 aromatic rings. The number of sulfone groups is 1. The van der Waals surface area contributed by atoms with Crippen LogP contribution in [0.1, 0.15) is 5.56 Å². The van der Waals surface area contributed by atoms with Gasteiger partial charge in [-0.3, -0.25) is 10.1 Å². The average molecular weight is 321 g/mol. The first-order valence-corrected chi connectivity index (χ1v) is 8.96. The molecule has 0 spiro atoms. The minimum absolute atomic E-state index is 0.0705. The van der Waals surface area contributed by atoms with E-state index >= 15 is 0 Å². The highest BCUT2D eigenvalue weighted by atomic mass is 32.3. The fourth-order valence-electron chi connectivity index (χ4n) is 1.42. The number of hydrogen-bond acceptors (Lipinski definition) is 6. The number of anilines is 1. The van der Waals surface area contributed by atoms with E-state index in [2.05, 4.69) is 4.72 Å². The number of nitrogens with one attached hydrogen (secondary N) is 2. The van der Waals surface area contributed by atoms with Crippen LogP contribution in [-0.4, -0.2) is 41.1 Å². The molecular weight excluding hydrogens is 306 g/mol. The van der Waals surface area contributed by atoms with E-state index in [0.29, 0.717) is 5.56 Å². The lowest BCUT2D eigenvalue weighted by Crippen LogP contribution is -2.22. The zero-order valence-corrected chi connectivity index (χ0v) is 12.5. The van der Waals surface area contributed by atoms with E-state index in [4.69, 9.17) is 15.9 Å². The van der Waals surface area contributed by atoms with Crippen LogP contribution in [0.3, 0.4) is 0 Å². The monoisotopic (exact) mass is 321 g/mol. The van der Waals surface area contributed by atoms with Crippen molar-refractivity contribution in [3.63, 3.8) is 0 Å². The Morgan fingerprint density at radius 1 is 1.35 bits per heavy atom. The number of amidine groups is 1. The minimum atomic E-state index is -4.06. The van der Waals surface area contributed by atoms with Gasteiger partial charge in [0.2, 0.25) is 10.0 Å². The molecule has 0 amide bonds. The second-order valence-electron chi connectivity index (χ2n) is 4.09. The third kappa shape index (κ3) is 4.70. The van der Waals surface area contributed by atoms with Gasteiger partial charge in [-0.25, -0.2) is 16.8 Å². The summed E-state index contributed by atoms with van der Waals surface area (Å²) in [6.07, 6.45) is 0.822. The zero-order valence-electron chi connectivity index (χ0n) is 10.9. The molecule has 0 saturated carbocycles. The number of benzene rings is 1. The zero-order chi connectivity index (χ0) is 15.6. The maximum absolute atomic E-state index is 11.7. The average Bonchev–Trinajstić information content (AvgIpc) is 2.25. The Balaban J connectivity index is 3.13. The highest BCUT2D eigenvalue weighted by molar-refractivity contribution is 8.08. The van der Waals surface area contributed by atoms with E-state index in [1.165, 1.54) is 25.3 Å². The second-order valence-corrected chi connectivity index (χ2v) is 8.32. The second kappa shape index (κ2) is 5.67. The number of methoxy groups -OCH3 is 1. The fraction of sp³-hybridized carbons (Fsp3) is 0.300. The van der Waals surface area contributed by atoms with Crippen molar-refractivity contribution < 1.29 is 21.6 Å². The van der Waals surface area contributed by atoms with Crippen molar-refractivity contribution in [1.29, 1.82) is 5.41 Å². The van der Waals surface area contributed by atoms with Crippen molar-refractivity contribution in [3.8, 4) is 5.75 Å². The molecule has 0 aliphatic rings. The van der Waals surface area contributed by atoms with Gasteiger partial charge in [-0.2, -0.15) is 0 Å². The molecule has 20 heavy (non-hydrogen) atoms. The SMILES string of the molecule is COc1cc(C(=N)N)ccc1NS(=O)(=O)CS(C)(=O)=O. The first kappa shape index (κ1) is 16.2. The van der Waals surface area contributed by atoms with E-state index in [1.807, 2.05) is 0 Å². The fourth-order valence-corrected chi connectivity index (χ4v) is 4.42. The van der Waals surface area contributed by atoms with Crippen LogP contribution < -0.4 is 15.2 Å². The Morgan fingerprint density at radius 3 is 2.40 bits per heavy atom. The number of rotatable bonds is 6. The molecule has 112 valence electrons. The summed E-state index contributed by atoms with van der Waals surface area (Å²) in [5.74, 6) is -0.0661. The van der Waals surface area contributed by atoms with Crippen molar-refractivity contribution in [2.75, 3.05) is 23.2 Å². The molecule has 0 bridgehead atoms. The molecule has 0 aliphatic carbocycles. The summed E-state index contributed by atoms with van der Waals surface area (Å²) < 4.78 is 52.6. The number of nitrogens with two attached hydrogens (primary N) is 1. The summed E-state index contributed by atoms with van der Waals surface area (Å²) >= 11 is 0. The predicted octanol–water partition coefficient (Wildman–Crippen LogP) is -0.277. The molecule has 0 aromatic heterocycles. The van der Waals surface area contributed by atoms with Gasteiger partial charge in [-0.05, 0) is 18.2 Å². The Kier molecular flexibility index (Phi) is 4.61. The van der Waals surface area contributed by atoms with E-state index < -0.39 is 24.9 Å². The molecular formula is C10H15N3O5S2. The smallest absolute Gasteiger partial charge is 0.247 e. The maximum atomic E-state index is 11.7. The molecule has 0 fully saturated rings. The first-order valence-electron chi connectivity index (χ1n) is 5.25. The quantitative estimate of drug-likeness (QED) is 0.486. The third-order valence-electron chi connectivity index (χ3n) is 2.15. The van der Waals surface area contributed by atoms with Crippen LogP contribution in [-0.2, 0) is 19.9 Å². The van der Waals surface area contributed by atoms with Crippen LogP contribution in [0.15, 0.2) is 18.2 Å². The topological polar surface area (TPSA) is 139 Å². The minimum Gasteiger partial charge on any atom is -0.495 e. The van der Waals surface area contributed by atoms with Crippen LogP contribution in [0.2, 0.25) is 0 Å². The number of nitrogen functional groups attached to an aromatic ring is 1. The van der Waals surface area contributed by atoms with Gasteiger partial charge in [0, 0.05) is 11.8 Å². The van der Waals surface area contributed by atoms with Crippen LogP contribution in [0, 0.1) is 5.41 Å². The summed E-state index contributed by atoms with van der Waals surface area (Å²) in [5.41, 5.74) is 5.73. The lowest BCUT2D eigenvalue weighted by Gasteiger charge is -2.12. The number of sulfonamides is 1. The summed E-state index contributed by atoms with van der Waals surface area (Å²) in [7, 11) is -6.44. The van der Waals surface area contributed by atoms with Crippen molar-refractivity contribution in [3.05, 3.63) is 23.8 Å². The molecule has 0 heterocycles. The third-order valence-corrected chi connectivity index (χ3v) is 5.63. The summed E-state index contributed by atoms with van der Waals surface area (Å²) in [6, 6.07) is 4.14. The van der Waals surface area contributed by atoms with Crippen LogP contribution >= 0.6 is 0 Å². The lowest BCUT2D eigenvalue weighted by molar-refractivity contribution is 0.417. The van der Waals surface area contributed by atoms with Crippen molar-refractivity contribution in [2.45, 2.75) is 0 Å². The summed E-state index contributed by atoms with van der Waals surface area (Å²) in [6.45, 7) is 0. The molecule has 4 N–H and O–H groups in total. The van der Waals surface area contributed by atoms with E-state index in [0.717, 1.165) is 6.26 Å². The highest BCUT2D eigenvalue weighted by Crippen LogP contribution is 2.26. The number of ether oxygens (including phenoxy) is 1. The van der Waals surface area contributed by atoms with E-state index in [1.54, 1.807) is 0 Å².